The van der Waals surface area contributed by atoms with Crippen LogP contribution in [0.2, 0.25) is 0 Å². The summed E-state index contributed by atoms with van der Waals surface area (Å²) in [5, 5.41) is 0. The van der Waals surface area contributed by atoms with Gasteiger partial charge in [0.05, 0.1) is 24.0 Å². The molecule has 0 fully saturated rings. The van der Waals surface area contributed by atoms with Crippen LogP contribution >= 0.6 is 0 Å². The van der Waals surface area contributed by atoms with Crippen molar-refractivity contribution in [1.29, 1.82) is 0 Å². The zero-order valence-electron chi connectivity index (χ0n) is 21.7. The molecular formula is C25H25F9NO5S+. The molecule has 41 heavy (non-hydrogen) atoms. The largest absolute Gasteiger partial charge is 0.576 e. The van der Waals surface area contributed by atoms with E-state index in [1.54, 1.807) is 0 Å². The first-order chi connectivity index (χ1) is 18.7. The lowest BCUT2D eigenvalue weighted by molar-refractivity contribution is -0.239. The molecule has 0 bridgehead atoms. The smallest absolute Gasteiger partial charge is 0.420 e. The van der Waals surface area contributed by atoms with E-state index in [0.29, 0.717) is 6.26 Å². The number of para-hydroxylation sites is 1. The van der Waals surface area contributed by atoms with Gasteiger partial charge in [0.15, 0.2) is 5.69 Å². The second-order valence-electron chi connectivity index (χ2n) is 9.41. The number of rotatable bonds is 6. The highest BCUT2D eigenvalue weighted by molar-refractivity contribution is 7.86. The number of carbonyl (C=O) groups is 1. The van der Waals surface area contributed by atoms with Crippen LogP contribution in [0.25, 0.3) is 0 Å². The Balaban J connectivity index is 2.40. The van der Waals surface area contributed by atoms with Crippen molar-refractivity contribution in [1.82, 2.24) is 4.48 Å². The minimum atomic E-state index is -5.30. The molecule has 1 aliphatic rings. The van der Waals surface area contributed by atoms with Gasteiger partial charge in [-0.15, -0.1) is 13.2 Å². The van der Waals surface area contributed by atoms with E-state index in [4.69, 9.17) is 8.92 Å². The Morgan fingerprint density at radius 2 is 1.49 bits per heavy atom. The minimum Gasteiger partial charge on any atom is -0.420 e. The van der Waals surface area contributed by atoms with Crippen LogP contribution in [-0.2, 0) is 31.4 Å². The van der Waals surface area contributed by atoms with Crippen molar-refractivity contribution in [2.45, 2.75) is 63.4 Å². The number of fused-ring (bicyclic) bond motifs is 1. The quantitative estimate of drug-likeness (QED) is 0.143. The van der Waals surface area contributed by atoms with E-state index < -0.39 is 92.8 Å². The summed E-state index contributed by atoms with van der Waals surface area (Å²) in [7, 11) is -4.61. The molecule has 0 N–H and O–H groups in total. The number of hydrogen-bond acceptors (Lipinski definition) is 5. The highest BCUT2D eigenvalue weighted by Crippen LogP contribution is 2.55. The van der Waals surface area contributed by atoms with Crippen LogP contribution in [0, 0.1) is 0 Å². The molecule has 0 aliphatic carbocycles. The molecule has 1 heterocycles. The third-order valence-electron chi connectivity index (χ3n) is 6.80. The van der Waals surface area contributed by atoms with E-state index in [-0.39, 0.29) is 30.2 Å². The van der Waals surface area contributed by atoms with Gasteiger partial charge >= 0.3 is 24.7 Å². The number of alkyl halides is 9. The van der Waals surface area contributed by atoms with Gasteiger partial charge in [-0.1, -0.05) is 29.6 Å². The van der Waals surface area contributed by atoms with Crippen LogP contribution in [0.3, 0.4) is 0 Å². The molecule has 1 aliphatic heterocycles. The topological polar surface area (TPSA) is 69.7 Å². The van der Waals surface area contributed by atoms with Crippen molar-refractivity contribution in [3.05, 3.63) is 64.7 Å². The molecule has 1 unspecified atom stereocenters. The molecule has 3 rings (SSSR count). The lowest BCUT2D eigenvalue weighted by atomic mass is 9.77. The molecule has 0 saturated heterocycles. The lowest BCUT2D eigenvalue weighted by Crippen LogP contribution is -2.70. The summed E-state index contributed by atoms with van der Waals surface area (Å²) in [5.74, 6) is -1.53. The van der Waals surface area contributed by atoms with Crippen molar-refractivity contribution in [2.75, 3.05) is 12.9 Å². The summed E-state index contributed by atoms with van der Waals surface area (Å²) in [5.41, 5.74) is -5.50. The van der Waals surface area contributed by atoms with Crippen molar-refractivity contribution in [3.8, 4) is 0 Å². The first-order valence-electron chi connectivity index (χ1n) is 12.1. The maximum Gasteiger partial charge on any atom is 0.576 e. The first-order valence-corrected chi connectivity index (χ1v) is 13.9. The van der Waals surface area contributed by atoms with E-state index in [2.05, 4.69) is 0 Å². The van der Waals surface area contributed by atoms with Gasteiger partial charge in [0.1, 0.15) is 12.1 Å². The molecule has 2 aromatic rings. The maximum absolute atomic E-state index is 14.9. The predicted molar refractivity (Wildman–Crippen MR) is 128 cm³/mol. The number of amides is 1. The molecule has 0 aromatic heterocycles. The van der Waals surface area contributed by atoms with Gasteiger partial charge in [0.25, 0.3) is 10.1 Å². The molecular weight excluding hydrogens is 597 g/mol. The molecule has 16 heteroatoms. The van der Waals surface area contributed by atoms with E-state index in [1.807, 2.05) is 0 Å². The van der Waals surface area contributed by atoms with Crippen molar-refractivity contribution in [2.24, 2.45) is 0 Å². The number of quaternary nitrogens is 1. The average molecular weight is 623 g/mol. The Kier molecular flexibility index (Phi) is 8.84. The standard InChI is InChI=1S/C25H25F9NO5S/c1-4-17-13-19(18-8-6-7-9-20(18)35(17,25(32,33)34)22(36)39-5-2)21(40-41(3,37)38)14-10-15(23(26,27)28)12-16(11-14)24(29,30)31/h6-12,17,19,21H,4-5,13H2,1-3H3/q+1/t17-,19?,21+,35-/m1/s1. The van der Waals surface area contributed by atoms with Gasteiger partial charge in [-0.25, -0.2) is 0 Å². The summed E-state index contributed by atoms with van der Waals surface area (Å²) in [6.45, 7) is 2.15. The van der Waals surface area contributed by atoms with Crippen molar-refractivity contribution >= 4 is 21.9 Å². The SMILES string of the molecule is CCOC(=O)[N@+]1(C(F)(F)F)c2ccccc2C([C@@H](OS(C)(=O)=O)c2cc(C(F)(F)F)cc(C(F)(F)F)c2)C[C@H]1CC. The van der Waals surface area contributed by atoms with Crippen LogP contribution in [0.5, 0.6) is 0 Å². The zero-order valence-corrected chi connectivity index (χ0v) is 22.5. The van der Waals surface area contributed by atoms with Gasteiger partial charge in [-0.2, -0.15) is 39.6 Å². The summed E-state index contributed by atoms with van der Waals surface area (Å²) < 4.78 is 158. The van der Waals surface area contributed by atoms with Gasteiger partial charge in [0.2, 0.25) is 0 Å². The number of halogens is 9. The maximum atomic E-state index is 14.9. The number of carbonyl (C=O) groups excluding carboxylic acids is 1. The highest BCUT2D eigenvalue weighted by Gasteiger charge is 2.70. The third kappa shape index (κ3) is 6.33. The van der Waals surface area contributed by atoms with Crippen LogP contribution in [-0.4, -0.2) is 39.7 Å². The van der Waals surface area contributed by atoms with Gasteiger partial charge in [-0.3, -0.25) is 4.18 Å². The molecule has 6 nitrogen and oxygen atoms in total. The molecule has 228 valence electrons. The predicted octanol–water partition coefficient (Wildman–Crippen LogP) is 7.69. The number of benzene rings is 2. The van der Waals surface area contributed by atoms with E-state index in [1.165, 1.54) is 19.9 Å². The number of nitrogens with zero attached hydrogens (tertiary/aromatic N) is 1. The highest BCUT2D eigenvalue weighted by atomic mass is 32.2. The van der Waals surface area contributed by atoms with Gasteiger partial charge < -0.3 is 4.74 Å². The Morgan fingerprint density at radius 1 is 0.951 bits per heavy atom. The lowest BCUT2D eigenvalue weighted by Gasteiger charge is -2.47. The molecule has 0 saturated carbocycles. The zero-order chi connectivity index (χ0) is 31.2. The fourth-order valence-electron chi connectivity index (χ4n) is 5.23. The molecule has 2 aromatic carbocycles. The summed E-state index contributed by atoms with van der Waals surface area (Å²) >= 11 is 0. The van der Waals surface area contributed by atoms with Crippen molar-refractivity contribution in [3.63, 3.8) is 0 Å². The summed E-state index contributed by atoms with van der Waals surface area (Å²) in [6.07, 6.45) is -20.3. The van der Waals surface area contributed by atoms with Gasteiger partial charge in [0, 0.05) is 24.0 Å². The Morgan fingerprint density at radius 3 is 1.93 bits per heavy atom. The molecule has 4 atom stereocenters. The third-order valence-corrected chi connectivity index (χ3v) is 7.36. The van der Waals surface area contributed by atoms with Crippen molar-refractivity contribution < 1.29 is 61.6 Å². The monoisotopic (exact) mass is 622 g/mol. The Bertz CT molecular complexity index is 1360. The van der Waals surface area contributed by atoms with Gasteiger partial charge in [-0.05, 0) is 37.1 Å². The fraction of sp³-hybridized carbons (Fsp3) is 0.480. The van der Waals surface area contributed by atoms with E-state index >= 15 is 0 Å². The summed E-state index contributed by atoms with van der Waals surface area (Å²) in [4.78, 5) is 13.0. The number of ether oxygens (including phenoxy) is 1. The molecule has 0 radical (unpaired) electrons. The average Bonchev–Trinajstić information content (AvgIpc) is 2.83. The second-order valence-corrected chi connectivity index (χ2v) is 11.0. The van der Waals surface area contributed by atoms with Crippen LogP contribution in [0.1, 0.15) is 61.0 Å². The van der Waals surface area contributed by atoms with Crippen LogP contribution < -0.4 is 4.48 Å². The molecule has 0 spiro atoms. The summed E-state index contributed by atoms with van der Waals surface area (Å²) in [6, 6.07) is 3.05. The van der Waals surface area contributed by atoms with E-state index in [0.717, 1.165) is 18.2 Å². The fourth-order valence-corrected chi connectivity index (χ4v) is 5.85. The van der Waals surface area contributed by atoms with Crippen LogP contribution in [0.4, 0.5) is 50.0 Å². The Hall–Kier alpha value is -2.85. The minimum absolute atomic E-state index is 0.170. The normalized spacial score (nSPS) is 22.6. The Labute approximate surface area is 229 Å². The van der Waals surface area contributed by atoms with Crippen LogP contribution in [0.15, 0.2) is 42.5 Å². The molecule has 1 amide bonds. The first kappa shape index (κ1) is 32.7. The second kappa shape index (κ2) is 11.1. The van der Waals surface area contributed by atoms with E-state index in [9.17, 15) is 52.7 Å². The number of hydrogen-bond donors (Lipinski definition) is 0.